The number of hydrogen-bond donors (Lipinski definition) is 1. The van der Waals surface area contributed by atoms with Crippen molar-refractivity contribution in [2.45, 2.75) is 37.2 Å². The molecule has 1 aromatic carbocycles. The van der Waals surface area contributed by atoms with Crippen LogP contribution in [0.5, 0.6) is 0 Å². The van der Waals surface area contributed by atoms with Crippen molar-refractivity contribution >= 4 is 29.3 Å². The Morgan fingerprint density at radius 3 is 2.67 bits per heavy atom. The van der Waals surface area contributed by atoms with Crippen molar-refractivity contribution in [2.75, 3.05) is 11.4 Å². The molecule has 1 atom stereocenters. The summed E-state index contributed by atoms with van der Waals surface area (Å²) in [7, 11) is 0. The number of carbonyl (C=O) groups excluding carboxylic acids is 2. The van der Waals surface area contributed by atoms with Gasteiger partial charge >= 0.3 is 0 Å². The fourth-order valence-electron chi connectivity index (χ4n) is 2.66. The Labute approximate surface area is 144 Å². The SMILES string of the molecule is Cc1ccc(N2CCC(Sc3nnc(C)n3CC(N)=O)C2=O)cc1. The van der Waals surface area contributed by atoms with Crippen LogP contribution >= 0.6 is 11.8 Å². The molecule has 1 aromatic heterocycles. The van der Waals surface area contributed by atoms with Gasteiger partial charge in [0.2, 0.25) is 11.8 Å². The standard InChI is InChI=1S/C16H19N5O2S/c1-10-3-5-12(6-4-10)20-8-7-13(15(20)23)24-16-19-18-11(2)21(16)9-14(17)22/h3-6,13H,7-9H2,1-2H3,(H2,17,22). The van der Waals surface area contributed by atoms with Crippen molar-refractivity contribution in [2.24, 2.45) is 5.73 Å². The monoisotopic (exact) mass is 345 g/mol. The molecule has 1 unspecified atom stereocenters. The quantitative estimate of drug-likeness (QED) is 0.881. The Bertz CT molecular complexity index is 771. The lowest BCUT2D eigenvalue weighted by Gasteiger charge is -2.17. The third-order valence-electron chi connectivity index (χ3n) is 3.97. The molecule has 1 fully saturated rings. The molecule has 2 aromatic rings. The van der Waals surface area contributed by atoms with E-state index in [0.29, 0.717) is 17.5 Å². The zero-order valence-electron chi connectivity index (χ0n) is 13.6. The Hall–Kier alpha value is -2.35. The van der Waals surface area contributed by atoms with E-state index >= 15 is 0 Å². The van der Waals surface area contributed by atoms with Gasteiger partial charge in [0.15, 0.2) is 5.16 Å². The van der Waals surface area contributed by atoms with Crippen molar-refractivity contribution in [1.29, 1.82) is 0 Å². The van der Waals surface area contributed by atoms with E-state index in [0.717, 1.165) is 17.7 Å². The third-order valence-corrected chi connectivity index (χ3v) is 5.20. The first-order valence-corrected chi connectivity index (χ1v) is 8.56. The van der Waals surface area contributed by atoms with Gasteiger partial charge in [0.25, 0.3) is 0 Å². The first-order chi connectivity index (χ1) is 11.5. The van der Waals surface area contributed by atoms with Crippen molar-refractivity contribution in [3.63, 3.8) is 0 Å². The molecule has 3 rings (SSSR count). The molecule has 0 spiro atoms. The van der Waals surface area contributed by atoms with E-state index in [1.54, 1.807) is 16.4 Å². The van der Waals surface area contributed by atoms with Gasteiger partial charge in [0.05, 0.1) is 5.25 Å². The Balaban J connectivity index is 1.75. The highest BCUT2D eigenvalue weighted by atomic mass is 32.2. The number of rotatable bonds is 5. The molecule has 1 aliphatic rings. The van der Waals surface area contributed by atoms with E-state index in [-0.39, 0.29) is 17.7 Å². The second kappa shape index (κ2) is 6.64. The van der Waals surface area contributed by atoms with E-state index in [9.17, 15) is 9.59 Å². The van der Waals surface area contributed by atoms with Gasteiger partial charge in [-0.1, -0.05) is 29.5 Å². The lowest BCUT2D eigenvalue weighted by molar-refractivity contribution is -0.118. The molecule has 0 radical (unpaired) electrons. The third kappa shape index (κ3) is 3.28. The van der Waals surface area contributed by atoms with Crippen LogP contribution in [0.4, 0.5) is 5.69 Å². The Kier molecular flexibility index (Phi) is 4.57. The summed E-state index contributed by atoms with van der Waals surface area (Å²) in [5, 5.41) is 8.37. The fourth-order valence-corrected chi connectivity index (χ4v) is 3.78. The van der Waals surface area contributed by atoms with Crippen LogP contribution in [-0.4, -0.2) is 38.4 Å². The number of aryl methyl sites for hydroxylation is 2. The molecule has 0 aliphatic carbocycles. The highest BCUT2D eigenvalue weighted by Crippen LogP contribution is 2.32. The van der Waals surface area contributed by atoms with Gasteiger partial charge in [-0.25, -0.2) is 0 Å². The Morgan fingerprint density at radius 1 is 1.29 bits per heavy atom. The summed E-state index contributed by atoms with van der Waals surface area (Å²) in [4.78, 5) is 25.7. The van der Waals surface area contributed by atoms with Crippen LogP contribution in [0, 0.1) is 13.8 Å². The largest absolute Gasteiger partial charge is 0.368 e. The number of carbonyl (C=O) groups is 2. The molecule has 126 valence electrons. The van der Waals surface area contributed by atoms with Crippen LogP contribution in [0.1, 0.15) is 17.8 Å². The molecule has 1 aliphatic heterocycles. The molecule has 2 N–H and O–H groups in total. The summed E-state index contributed by atoms with van der Waals surface area (Å²) in [5.74, 6) is 0.200. The van der Waals surface area contributed by atoms with Gasteiger partial charge in [-0.15, -0.1) is 10.2 Å². The predicted molar refractivity (Wildman–Crippen MR) is 91.7 cm³/mol. The maximum Gasteiger partial charge on any atom is 0.240 e. The minimum atomic E-state index is -0.459. The van der Waals surface area contributed by atoms with Crippen molar-refractivity contribution in [1.82, 2.24) is 14.8 Å². The number of thioether (sulfide) groups is 1. The van der Waals surface area contributed by atoms with Crippen LogP contribution in [0.2, 0.25) is 0 Å². The first kappa shape index (κ1) is 16.5. The molecular weight excluding hydrogens is 326 g/mol. The van der Waals surface area contributed by atoms with Gasteiger partial charge < -0.3 is 10.6 Å². The van der Waals surface area contributed by atoms with E-state index in [1.807, 2.05) is 31.2 Å². The molecule has 24 heavy (non-hydrogen) atoms. The zero-order valence-corrected chi connectivity index (χ0v) is 14.4. The summed E-state index contributed by atoms with van der Waals surface area (Å²) in [5.41, 5.74) is 7.33. The number of anilines is 1. The van der Waals surface area contributed by atoms with Gasteiger partial charge in [-0.3, -0.25) is 14.2 Å². The Morgan fingerprint density at radius 2 is 2.00 bits per heavy atom. The summed E-state index contributed by atoms with van der Waals surface area (Å²) in [6.07, 6.45) is 0.722. The number of nitrogens with two attached hydrogens (primary N) is 1. The molecule has 7 nitrogen and oxygen atoms in total. The normalized spacial score (nSPS) is 17.5. The zero-order chi connectivity index (χ0) is 17.3. The van der Waals surface area contributed by atoms with Gasteiger partial charge in [0, 0.05) is 12.2 Å². The highest BCUT2D eigenvalue weighted by Gasteiger charge is 2.34. The smallest absolute Gasteiger partial charge is 0.240 e. The lowest BCUT2D eigenvalue weighted by atomic mass is 10.2. The topological polar surface area (TPSA) is 94.1 Å². The van der Waals surface area contributed by atoms with Crippen LogP contribution in [0.3, 0.4) is 0 Å². The lowest BCUT2D eigenvalue weighted by Crippen LogP contribution is -2.28. The second-order valence-electron chi connectivity index (χ2n) is 5.80. The molecule has 2 heterocycles. The van der Waals surface area contributed by atoms with Crippen molar-refractivity contribution < 1.29 is 9.59 Å². The number of primary amides is 1. The first-order valence-electron chi connectivity index (χ1n) is 7.68. The molecule has 8 heteroatoms. The minimum absolute atomic E-state index is 0.0176. The average molecular weight is 345 g/mol. The number of hydrogen-bond acceptors (Lipinski definition) is 5. The molecule has 1 saturated heterocycles. The summed E-state index contributed by atoms with van der Waals surface area (Å²) < 4.78 is 1.65. The number of benzene rings is 1. The van der Waals surface area contributed by atoms with Crippen LogP contribution < -0.4 is 10.6 Å². The minimum Gasteiger partial charge on any atom is -0.368 e. The van der Waals surface area contributed by atoms with Gasteiger partial charge in [-0.05, 0) is 32.4 Å². The number of nitrogens with zero attached hydrogens (tertiary/aromatic N) is 4. The van der Waals surface area contributed by atoms with E-state index in [4.69, 9.17) is 5.73 Å². The van der Waals surface area contributed by atoms with E-state index < -0.39 is 5.91 Å². The summed E-state index contributed by atoms with van der Waals surface area (Å²) in [6.45, 7) is 4.46. The van der Waals surface area contributed by atoms with E-state index in [1.165, 1.54) is 11.8 Å². The molecule has 2 amide bonds. The van der Waals surface area contributed by atoms with Crippen LogP contribution in [0.25, 0.3) is 0 Å². The van der Waals surface area contributed by atoms with Crippen LogP contribution in [0.15, 0.2) is 29.4 Å². The average Bonchev–Trinajstić information content (AvgIpc) is 3.06. The van der Waals surface area contributed by atoms with Gasteiger partial charge in [-0.2, -0.15) is 0 Å². The number of aromatic nitrogens is 3. The van der Waals surface area contributed by atoms with Crippen LogP contribution in [-0.2, 0) is 16.1 Å². The highest BCUT2D eigenvalue weighted by molar-refractivity contribution is 8.00. The maximum atomic E-state index is 12.7. The fraction of sp³-hybridized carbons (Fsp3) is 0.375. The molecule has 0 saturated carbocycles. The number of amides is 2. The van der Waals surface area contributed by atoms with Gasteiger partial charge in [0.1, 0.15) is 12.4 Å². The summed E-state index contributed by atoms with van der Waals surface area (Å²) in [6, 6.07) is 7.91. The van der Waals surface area contributed by atoms with Crippen molar-refractivity contribution in [3.05, 3.63) is 35.7 Å². The maximum absolute atomic E-state index is 12.7. The molecule has 0 bridgehead atoms. The predicted octanol–water partition coefficient (Wildman–Crippen LogP) is 1.28. The van der Waals surface area contributed by atoms with E-state index in [2.05, 4.69) is 10.2 Å². The van der Waals surface area contributed by atoms with Crippen molar-refractivity contribution in [3.8, 4) is 0 Å². The molecular formula is C16H19N5O2S. The second-order valence-corrected chi connectivity index (χ2v) is 6.97. The summed E-state index contributed by atoms with van der Waals surface area (Å²) >= 11 is 1.34.